The zero-order chi connectivity index (χ0) is 20.0. The Morgan fingerprint density at radius 3 is 2.59 bits per heavy atom. The zero-order valence-electron chi connectivity index (χ0n) is 14.7. The predicted molar refractivity (Wildman–Crippen MR) is 103 cm³/mol. The molecule has 2 N–H and O–H groups in total. The van der Waals surface area contributed by atoms with Gasteiger partial charge in [0.25, 0.3) is 11.6 Å². The first-order valence-corrected chi connectivity index (χ1v) is 8.28. The molecular weight excluding hydrogens is 372 g/mol. The second-order valence-corrected chi connectivity index (χ2v) is 6.16. The van der Waals surface area contributed by atoms with E-state index in [0.717, 1.165) is 5.56 Å². The highest BCUT2D eigenvalue weighted by Crippen LogP contribution is 2.20. The minimum Gasteiger partial charge on any atom is -0.326 e. The first-order chi connectivity index (χ1) is 12.8. The fourth-order valence-electron chi connectivity index (χ4n) is 2.18. The number of carbonyl (C=O) groups is 2. The van der Waals surface area contributed by atoms with Crippen molar-refractivity contribution in [1.82, 2.24) is 5.43 Å². The second-order valence-electron chi connectivity index (χ2n) is 5.75. The van der Waals surface area contributed by atoms with E-state index in [9.17, 15) is 19.7 Å². The molecule has 0 aromatic heterocycles. The quantitative estimate of drug-likeness (QED) is 0.446. The molecule has 0 saturated carbocycles. The van der Waals surface area contributed by atoms with E-state index in [1.54, 1.807) is 25.1 Å². The lowest BCUT2D eigenvalue weighted by Crippen LogP contribution is -2.22. The number of benzene rings is 2. The van der Waals surface area contributed by atoms with Crippen molar-refractivity contribution in [3.8, 4) is 0 Å². The molecule has 0 fully saturated rings. The van der Waals surface area contributed by atoms with Gasteiger partial charge in [-0.15, -0.1) is 0 Å². The van der Waals surface area contributed by atoms with Gasteiger partial charge in [-0.25, -0.2) is 5.43 Å². The van der Waals surface area contributed by atoms with Crippen LogP contribution in [0.25, 0.3) is 0 Å². The molecule has 0 heterocycles. The molecule has 0 unspecified atom stereocenters. The highest BCUT2D eigenvalue weighted by Gasteiger charge is 2.18. The second kappa shape index (κ2) is 8.91. The van der Waals surface area contributed by atoms with Crippen LogP contribution in [-0.4, -0.2) is 22.4 Å². The Kier molecular flexibility index (Phi) is 6.62. The first-order valence-electron chi connectivity index (χ1n) is 7.91. The third-order valence-electron chi connectivity index (χ3n) is 3.57. The van der Waals surface area contributed by atoms with Crippen LogP contribution < -0.4 is 10.7 Å². The molecular formula is C18H17ClN4O4. The molecule has 0 spiro atoms. The van der Waals surface area contributed by atoms with E-state index in [4.69, 9.17) is 11.6 Å². The summed E-state index contributed by atoms with van der Waals surface area (Å²) in [6.45, 7) is 3.41. The molecule has 8 nitrogen and oxygen atoms in total. The first kappa shape index (κ1) is 20.1. The van der Waals surface area contributed by atoms with Crippen LogP contribution in [-0.2, 0) is 4.79 Å². The van der Waals surface area contributed by atoms with E-state index < -0.39 is 10.8 Å². The lowest BCUT2D eigenvalue weighted by atomic mass is 10.2. The summed E-state index contributed by atoms with van der Waals surface area (Å²) in [5.74, 6) is -1.07. The molecule has 2 amide bonds. The average Bonchev–Trinajstić information content (AvgIpc) is 2.62. The van der Waals surface area contributed by atoms with E-state index in [1.807, 2.05) is 6.92 Å². The number of nitrogens with one attached hydrogen (secondary N) is 2. The van der Waals surface area contributed by atoms with Crippen LogP contribution >= 0.6 is 11.6 Å². The maximum absolute atomic E-state index is 12.1. The lowest BCUT2D eigenvalue weighted by Gasteiger charge is -2.07. The number of nitro benzene ring substituents is 1. The van der Waals surface area contributed by atoms with Gasteiger partial charge in [0.2, 0.25) is 5.91 Å². The summed E-state index contributed by atoms with van der Waals surface area (Å²) in [5, 5.41) is 18.0. The standard InChI is InChI=1S/C18H17ClN4O4/c1-11-7-8-13(10-15(11)19)20-17(24)9-12(2)21-22-18(25)14-5-3-4-6-16(14)23(26)27/h3-8,10H,9H2,1-2H3,(H,20,24)(H,22,25)/b21-12+. The number of aryl methyl sites for hydroxylation is 1. The molecule has 0 bridgehead atoms. The molecule has 2 aromatic carbocycles. The van der Waals surface area contributed by atoms with E-state index >= 15 is 0 Å². The Balaban J connectivity index is 1.97. The van der Waals surface area contributed by atoms with Crippen LogP contribution in [0.5, 0.6) is 0 Å². The SMILES string of the molecule is C/C(CC(=O)Nc1ccc(C)c(Cl)c1)=N\NC(=O)c1ccccc1[N+](=O)[O-]. The number of para-hydroxylation sites is 1. The van der Waals surface area contributed by atoms with Gasteiger partial charge < -0.3 is 5.32 Å². The minimum atomic E-state index is -0.729. The van der Waals surface area contributed by atoms with E-state index in [1.165, 1.54) is 24.3 Å². The smallest absolute Gasteiger partial charge is 0.282 e. The molecule has 0 aliphatic rings. The van der Waals surface area contributed by atoms with Crippen molar-refractivity contribution < 1.29 is 14.5 Å². The monoisotopic (exact) mass is 388 g/mol. The largest absolute Gasteiger partial charge is 0.326 e. The molecule has 0 saturated heterocycles. The van der Waals surface area contributed by atoms with Gasteiger partial charge in [-0.05, 0) is 37.6 Å². The van der Waals surface area contributed by atoms with Crippen LogP contribution in [0.15, 0.2) is 47.6 Å². The molecule has 0 aliphatic heterocycles. The number of hydrazone groups is 1. The number of nitro groups is 1. The van der Waals surface area contributed by atoms with Gasteiger partial charge >= 0.3 is 0 Å². The average molecular weight is 389 g/mol. The highest BCUT2D eigenvalue weighted by atomic mass is 35.5. The third kappa shape index (κ3) is 5.61. The Morgan fingerprint density at radius 2 is 1.93 bits per heavy atom. The molecule has 140 valence electrons. The molecule has 0 radical (unpaired) electrons. The van der Waals surface area contributed by atoms with Crippen molar-refractivity contribution in [3.05, 3.63) is 68.7 Å². The van der Waals surface area contributed by atoms with Crippen LogP contribution in [0, 0.1) is 17.0 Å². The Labute approximate surface area is 160 Å². The van der Waals surface area contributed by atoms with Gasteiger partial charge in [-0.2, -0.15) is 5.10 Å². The molecule has 2 rings (SSSR count). The van der Waals surface area contributed by atoms with Crippen LogP contribution in [0.2, 0.25) is 5.02 Å². The van der Waals surface area contributed by atoms with E-state index in [-0.39, 0.29) is 23.6 Å². The van der Waals surface area contributed by atoms with Crippen molar-refractivity contribution in [2.24, 2.45) is 5.10 Å². The topological polar surface area (TPSA) is 114 Å². The summed E-state index contributed by atoms with van der Waals surface area (Å²) >= 11 is 6.01. The number of rotatable bonds is 6. The normalized spacial score (nSPS) is 11.0. The van der Waals surface area contributed by atoms with Crippen LogP contribution in [0.1, 0.15) is 29.3 Å². The number of hydrogen-bond donors (Lipinski definition) is 2. The van der Waals surface area contributed by atoms with Gasteiger partial charge in [-0.3, -0.25) is 19.7 Å². The zero-order valence-corrected chi connectivity index (χ0v) is 15.4. The number of hydrogen-bond acceptors (Lipinski definition) is 5. The fraction of sp³-hybridized carbons (Fsp3) is 0.167. The van der Waals surface area contributed by atoms with Crippen molar-refractivity contribution in [2.45, 2.75) is 20.3 Å². The molecule has 0 aliphatic carbocycles. The number of nitrogens with zero attached hydrogens (tertiary/aromatic N) is 2. The number of amides is 2. The van der Waals surface area contributed by atoms with Crippen LogP contribution in [0.3, 0.4) is 0 Å². The van der Waals surface area contributed by atoms with Crippen molar-refractivity contribution in [3.63, 3.8) is 0 Å². The molecule has 9 heteroatoms. The Hall–Kier alpha value is -3.26. The van der Waals surface area contributed by atoms with Gasteiger partial charge in [0.1, 0.15) is 5.56 Å². The summed E-state index contributed by atoms with van der Waals surface area (Å²) in [6, 6.07) is 10.7. The van der Waals surface area contributed by atoms with Crippen molar-refractivity contribution in [1.29, 1.82) is 0 Å². The van der Waals surface area contributed by atoms with E-state index in [2.05, 4.69) is 15.8 Å². The van der Waals surface area contributed by atoms with Gasteiger partial charge in [0, 0.05) is 22.5 Å². The summed E-state index contributed by atoms with van der Waals surface area (Å²) in [7, 11) is 0. The number of halogens is 1. The van der Waals surface area contributed by atoms with Gasteiger partial charge in [0.15, 0.2) is 0 Å². The number of anilines is 1. The Bertz CT molecular complexity index is 927. The Morgan fingerprint density at radius 1 is 1.22 bits per heavy atom. The molecule has 2 aromatic rings. The summed E-state index contributed by atoms with van der Waals surface area (Å²) < 4.78 is 0. The minimum absolute atomic E-state index is 0.0668. The highest BCUT2D eigenvalue weighted by molar-refractivity contribution is 6.31. The van der Waals surface area contributed by atoms with Crippen LogP contribution in [0.4, 0.5) is 11.4 Å². The van der Waals surface area contributed by atoms with E-state index in [0.29, 0.717) is 16.4 Å². The molecule has 27 heavy (non-hydrogen) atoms. The predicted octanol–water partition coefficient (Wildman–Crippen LogP) is 3.69. The van der Waals surface area contributed by atoms with Gasteiger partial charge in [0.05, 0.1) is 11.3 Å². The van der Waals surface area contributed by atoms with Gasteiger partial charge in [-0.1, -0.05) is 29.8 Å². The van der Waals surface area contributed by atoms with Crippen molar-refractivity contribution >= 4 is 40.5 Å². The maximum atomic E-state index is 12.1. The summed E-state index contributed by atoms with van der Waals surface area (Å²) in [4.78, 5) is 34.4. The summed E-state index contributed by atoms with van der Waals surface area (Å²) in [6.07, 6.45) is -0.0668. The number of carbonyl (C=O) groups excluding carboxylic acids is 2. The molecule has 0 atom stereocenters. The lowest BCUT2D eigenvalue weighted by molar-refractivity contribution is -0.385. The fourth-order valence-corrected chi connectivity index (χ4v) is 2.36. The third-order valence-corrected chi connectivity index (χ3v) is 3.97. The van der Waals surface area contributed by atoms with Crippen molar-refractivity contribution in [2.75, 3.05) is 5.32 Å². The maximum Gasteiger partial charge on any atom is 0.282 e. The summed E-state index contributed by atoms with van der Waals surface area (Å²) in [5.41, 5.74) is 3.56.